The Morgan fingerprint density at radius 1 is 0.905 bits per heavy atom. The predicted molar refractivity (Wildman–Crippen MR) is 86.5 cm³/mol. The van der Waals surface area contributed by atoms with Gasteiger partial charge in [-0.25, -0.2) is 0 Å². The maximum Gasteiger partial charge on any atom is 0.189 e. The highest BCUT2D eigenvalue weighted by Gasteiger charge is 2.14. The van der Waals surface area contributed by atoms with E-state index in [4.69, 9.17) is 0 Å². The summed E-state index contributed by atoms with van der Waals surface area (Å²) in [4.78, 5) is 12.2. The number of ketones is 1. The normalized spacial score (nSPS) is 12.2. The zero-order chi connectivity index (χ0) is 15.5. The second-order valence-electron chi connectivity index (χ2n) is 6.09. The van der Waals surface area contributed by atoms with Crippen LogP contribution in [0, 0.1) is 0 Å². The Kier molecular flexibility index (Phi) is 4.27. The smallest absolute Gasteiger partial charge is 0.189 e. The van der Waals surface area contributed by atoms with Crippen LogP contribution in [0.1, 0.15) is 42.3 Å². The lowest BCUT2D eigenvalue weighted by Gasteiger charge is -2.18. The largest absolute Gasteiger partial charge is 0.507 e. The van der Waals surface area contributed by atoms with Crippen LogP contribution in [0.2, 0.25) is 0 Å². The van der Waals surface area contributed by atoms with E-state index in [9.17, 15) is 9.90 Å². The van der Waals surface area contributed by atoms with Gasteiger partial charge in [0.25, 0.3) is 0 Å². The highest BCUT2D eigenvalue weighted by atomic mass is 16.3. The van der Waals surface area contributed by atoms with E-state index in [0.29, 0.717) is 11.1 Å². The molecule has 0 unspecified atom stereocenters. The van der Waals surface area contributed by atoms with Crippen LogP contribution in [0.3, 0.4) is 0 Å². The van der Waals surface area contributed by atoms with Crippen molar-refractivity contribution in [3.05, 3.63) is 77.4 Å². The molecule has 2 aromatic rings. The Hall–Kier alpha value is -2.35. The summed E-state index contributed by atoms with van der Waals surface area (Å²) in [6.45, 7) is 6.39. The molecule has 0 aromatic heterocycles. The molecule has 0 radical (unpaired) electrons. The van der Waals surface area contributed by atoms with Gasteiger partial charge in [-0.05, 0) is 11.0 Å². The second kappa shape index (κ2) is 5.96. The third-order valence-corrected chi connectivity index (χ3v) is 3.37. The molecule has 2 nitrogen and oxygen atoms in total. The van der Waals surface area contributed by atoms with Crippen molar-refractivity contribution in [3.63, 3.8) is 0 Å². The average Bonchev–Trinajstić information content (AvgIpc) is 2.47. The summed E-state index contributed by atoms with van der Waals surface area (Å²) >= 11 is 0. The number of allylic oxidation sites excluding steroid dienone is 1. The molecular weight excluding hydrogens is 260 g/mol. The van der Waals surface area contributed by atoms with Gasteiger partial charge in [0.05, 0.1) is 0 Å². The summed E-state index contributed by atoms with van der Waals surface area (Å²) in [5.74, 6) is -0.211. The van der Waals surface area contributed by atoms with Crippen molar-refractivity contribution < 1.29 is 9.90 Å². The van der Waals surface area contributed by atoms with Crippen LogP contribution in [0.4, 0.5) is 0 Å². The SMILES string of the molecule is CC(C)(C)c1ccc(C(=O)C=C(O)c2ccccc2)cc1. The molecule has 0 heterocycles. The first kappa shape index (κ1) is 15.0. The van der Waals surface area contributed by atoms with Crippen molar-refractivity contribution in [2.24, 2.45) is 0 Å². The monoisotopic (exact) mass is 280 g/mol. The van der Waals surface area contributed by atoms with Gasteiger partial charge in [-0.2, -0.15) is 0 Å². The van der Waals surface area contributed by atoms with E-state index < -0.39 is 0 Å². The Labute approximate surface area is 125 Å². The maximum absolute atomic E-state index is 12.2. The Bertz CT molecular complexity index is 644. The lowest BCUT2D eigenvalue weighted by Crippen LogP contribution is -2.11. The molecule has 0 amide bonds. The number of carbonyl (C=O) groups excluding carboxylic acids is 1. The van der Waals surface area contributed by atoms with Crippen LogP contribution in [-0.2, 0) is 5.41 Å². The van der Waals surface area contributed by atoms with Gasteiger partial charge in [-0.3, -0.25) is 4.79 Å². The third-order valence-electron chi connectivity index (χ3n) is 3.37. The van der Waals surface area contributed by atoms with E-state index in [1.807, 2.05) is 30.3 Å². The van der Waals surface area contributed by atoms with Gasteiger partial charge < -0.3 is 5.11 Å². The highest BCUT2D eigenvalue weighted by molar-refractivity contribution is 6.07. The average molecular weight is 280 g/mol. The first-order valence-corrected chi connectivity index (χ1v) is 6.99. The summed E-state index contributed by atoms with van der Waals surface area (Å²) in [6.07, 6.45) is 1.27. The van der Waals surface area contributed by atoms with E-state index in [1.165, 1.54) is 11.6 Å². The molecule has 0 bridgehead atoms. The molecule has 2 aromatic carbocycles. The van der Waals surface area contributed by atoms with E-state index in [0.717, 1.165) is 0 Å². The fraction of sp³-hybridized carbons (Fsp3) is 0.211. The summed E-state index contributed by atoms with van der Waals surface area (Å²) in [7, 11) is 0. The van der Waals surface area contributed by atoms with Gasteiger partial charge in [0.2, 0.25) is 0 Å². The van der Waals surface area contributed by atoms with E-state index in [1.54, 1.807) is 24.3 Å². The van der Waals surface area contributed by atoms with Crippen molar-refractivity contribution in [1.29, 1.82) is 0 Å². The van der Waals surface area contributed by atoms with Gasteiger partial charge >= 0.3 is 0 Å². The summed E-state index contributed by atoms with van der Waals surface area (Å²) in [5, 5.41) is 9.98. The van der Waals surface area contributed by atoms with Gasteiger partial charge in [0.15, 0.2) is 5.78 Å². The van der Waals surface area contributed by atoms with Crippen LogP contribution in [0.5, 0.6) is 0 Å². The minimum atomic E-state index is -0.197. The maximum atomic E-state index is 12.2. The molecule has 108 valence electrons. The molecule has 0 aliphatic carbocycles. The molecule has 21 heavy (non-hydrogen) atoms. The molecule has 2 heteroatoms. The molecular formula is C19H20O2. The summed E-state index contributed by atoms with van der Waals surface area (Å²) in [5.41, 5.74) is 2.45. The number of rotatable bonds is 3. The highest BCUT2D eigenvalue weighted by Crippen LogP contribution is 2.22. The van der Waals surface area contributed by atoms with Gasteiger partial charge in [0, 0.05) is 17.2 Å². The van der Waals surface area contributed by atoms with Gasteiger partial charge in [-0.15, -0.1) is 0 Å². The second-order valence-corrected chi connectivity index (χ2v) is 6.09. The fourth-order valence-corrected chi connectivity index (χ4v) is 2.03. The molecule has 0 atom stereocenters. The third kappa shape index (κ3) is 3.82. The molecule has 0 spiro atoms. The fourth-order valence-electron chi connectivity index (χ4n) is 2.03. The number of aliphatic hydroxyl groups is 1. The Morgan fingerprint density at radius 3 is 2.00 bits per heavy atom. The standard InChI is InChI=1S/C19H20O2/c1-19(2,3)16-11-9-15(10-12-16)18(21)13-17(20)14-7-5-4-6-8-14/h4-13,20H,1-3H3. The molecule has 0 aliphatic rings. The molecule has 0 saturated heterocycles. The Morgan fingerprint density at radius 2 is 1.48 bits per heavy atom. The first-order valence-electron chi connectivity index (χ1n) is 6.99. The van der Waals surface area contributed by atoms with Crippen LogP contribution in [0.15, 0.2) is 60.7 Å². The van der Waals surface area contributed by atoms with Crippen molar-refractivity contribution in [2.75, 3.05) is 0 Å². The van der Waals surface area contributed by atoms with E-state index in [2.05, 4.69) is 20.8 Å². The number of hydrogen-bond acceptors (Lipinski definition) is 2. The molecule has 2 rings (SSSR count). The van der Waals surface area contributed by atoms with E-state index in [-0.39, 0.29) is 17.0 Å². The molecule has 0 aliphatic heterocycles. The van der Waals surface area contributed by atoms with Crippen molar-refractivity contribution in [2.45, 2.75) is 26.2 Å². The Balaban J connectivity index is 2.21. The minimum Gasteiger partial charge on any atom is -0.507 e. The van der Waals surface area contributed by atoms with Gasteiger partial charge in [0.1, 0.15) is 5.76 Å². The topological polar surface area (TPSA) is 37.3 Å². The van der Waals surface area contributed by atoms with E-state index >= 15 is 0 Å². The zero-order valence-electron chi connectivity index (χ0n) is 12.6. The predicted octanol–water partition coefficient (Wildman–Crippen LogP) is 4.77. The number of hydrogen-bond donors (Lipinski definition) is 1. The number of carbonyl (C=O) groups is 1. The number of benzene rings is 2. The molecule has 0 saturated carbocycles. The lowest BCUT2D eigenvalue weighted by atomic mass is 9.86. The van der Waals surface area contributed by atoms with Gasteiger partial charge in [-0.1, -0.05) is 75.4 Å². The van der Waals surface area contributed by atoms with Crippen LogP contribution < -0.4 is 0 Å². The van der Waals surface area contributed by atoms with Crippen molar-refractivity contribution in [3.8, 4) is 0 Å². The van der Waals surface area contributed by atoms with Crippen LogP contribution >= 0.6 is 0 Å². The van der Waals surface area contributed by atoms with Crippen molar-refractivity contribution in [1.82, 2.24) is 0 Å². The lowest BCUT2D eigenvalue weighted by molar-refractivity contribution is 0.104. The zero-order valence-corrected chi connectivity index (χ0v) is 12.6. The quantitative estimate of drug-likeness (QED) is 0.499. The first-order chi connectivity index (χ1) is 9.88. The molecule has 1 N–H and O–H groups in total. The summed E-state index contributed by atoms with van der Waals surface area (Å²) < 4.78 is 0. The minimum absolute atomic E-state index is 0.0134. The summed E-state index contributed by atoms with van der Waals surface area (Å²) in [6, 6.07) is 16.6. The van der Waals surface area contributed by atoms with Crippen LogP contribution in [0.25, 0.3) is 5.76 Å². The number of aliphatic hydroxyl groups excluding tert-OH is 1. The van der Waals surface area contributed by atoms with Crippen molar-refractivity contribution >= 4 is 11.5 Å². The molecule has 0 fully saturated rings. The van der Waals surface area contributed by atoms with Crippen LogP contribution in [-0.4, -0.2) is 10.9 Å².